The molecule has 4 heteroatoms. The minimum Gasteiger partial charge on any atom is -0.392 e. The van der Waals surface area contributed by atoms with E-state index in [0.717, 1.165) is 60.9 Å². The van der Waals surface area contributed by atoms with Gasteiger partial charge in [0.1, 0.15) is 0 Å². The van der Waals surface area contributed by atoms with Gasteiger partial charge in [-0.25, -0.2) is 0 Å². The fourth-order valence-electron chi connectivity index (χ4n) is 8.30. The third kappa shape index (κ3) is 7.04. The number of aromatic nitrogens is 1. The van der Waals surface area contributed by atoms with Crippen molar-refractivity contribution in [1.82, 2.24) is 4.98 Å². The largest absolute Gasteiger partial charge is 0.392 e. The first-order valence-corrected chi connectivity index (χ1v) is 16.4. The topological polar surface area (TPSA) is 53.4 Å². The molecule has 0 bridgehead atoms. The van der Waals surface area contributed by atoms with Crippen molar-refractivity contribution in [3.05, 3.63) is 65.2 Å². The Hall–Kier alpha value is -1.58. The summed E-state index contributed by atoms with van der Waals surface area (Å²) in [7, 11) is 0. The quantitative estimate of drug-likeness (QED) is 0.256. The first kappa shape index (κ1) is 34.9. The maximum Gasteiger partial charge on any atom is 0.0651 e. The van der Waals surface area contributed by atoms with Crippen LogP contribution in [0.4, 0.5) is 0 Å². The second kappa shape index (κ2) is 14.9. The normalized spacial score (nSPS) is 24.8. The van der Waals surface area contributed by atoms with E-state index >= 15 is 0 Å². The summed E-state index contributed by atoms with van der Waals surface area (Å²) in [5.74, 6) is 0.606. The van der Waals surface area contributed by atoms with Crippen LogP contribution >= 0.6 is 0 Å². The molecule has 0 saturated heterocycles. The van der Waals surface area contributed by atoms with E-state index in [1.165, 1.54) is 42.2 Å². The molecule has 2 unspecified atom stereocenters. The molecular weight excluding hydrogens is 695 g/mol. The minimum absolute atomic E-state index is 0. The number of benzene rings is 2. The number of hydrogen-bond acceptors (Lipinski definition) is 3. The fourth-order valence-corrected chi connectivity index (χ4v) is 8.30. The van der Waals surface area contributed by atoms with E-state index in [-0.39, 0.29) is 49.1 Å². The molecule has 2 aliphatic carbocycles. The Morgan fingerprint density at radius 3 is 1.90 bits per heavy atom. The summed E-state index contributed by atoms with van der Waals surface area (Å²) in [6.07, 6.45) is 10.6. The number of nitrogens with zero attached hydrogens (tertiary/aromatic N) is 1. The summed E-state index contributed by atoms with van der Waals surface area (Å²) < 4.78 is 0. The van der Waals surface area contributed by atoms with Crippen LogP contribution in [0, 0.1) is 49.5 Å². The zero-order chi connectivity index (χ0) is 29.8. The molecule has 2 N–H and O–H groups in total. The minimum atomic E-state index is -0.333. The Balaban J connectivity index is 0.000000227. The van der Waals surface area contributed by atoms with E-state index in [9.17, 15) is 10.2 Å². The third-order valence-electron chi connectivity index (χ3n) is 11.2. The molecule has 5 rings (SSSR count). The van der Waals surface area contributed by atoms with Crippen molar-refractivity contribution in [2.24, 2.45) is 22.7 Å². The van der Waals surface area contributed by atoms with Gasteiger partial charge in [-0.15, -0.1) is 34.9 Å². The van der Waals surface area contributed by atoms with E-state index < -0.39 is 0 Å². The smallest absolute Gasteiger partial charge is 0.0651 e. The van der Waals surface area contributed by atoms with Crippen LogP contribution in [-0.4, -0.2) is 27.4 Å². The Kier molecular flexibility index (Phi) is 12.4. The Morgan fingerprint density at radius 2 is 1.38 bits per heavy atom. The summed E-state index contributed by atoms with van der Waals surface area (Å²) in [5, 5.41) is 23.9. The molecule has 42 heavy (non-hydrogen) atoms. The van der Waals surface area contributed by atoms with Crippen LogP contribution in [-0.2, 0) is 20.1 Å². The summed E-state index contributed by atoms with van der Waals surface area (Å²) in [5.41, 5.74) is 6.82. The monoisotopic (exact) mass is 749 g/mol. The predicted octanol–water partition coefficient (Wildman–Crippen LogP) is 9.55. The Morgan fingerprint density at radius 1 is 0.810 bits per heavy atom. The number of hydrogen-bond donors (Lipinski definition) is 2. The molecule has 1 aromatic heterocycles. The average molecular weight is 749 g/mol. The van der Waals surface area contributed by atoms with Crippen molar-refractivity contribution in [2.45, 2.75) is 125 Å². The van der Waals surface area contributed by atoms with Gasteiger partial charge in [-0.05, 0) is 92.4 Å². The van der Waals surface area contributed by atoms with E-state index in [0.29, 0.717) is 5.92 Å². The summed E-state index contributed by atoms with van der Waals surface area (Å²) in [4.78, 5) is 4.76. The molecule has 0 aliphatic heterocycles. The molecule has 2 atom stereocenters. The van der Waals surface area contributed by atoms with Gasteiger partial charge in [-0.3, -0.25) is 4.98 Å². The molecule has 1 heterocycles. The van der Waals surface area contributed by atoms with Crippen LogP contribution in [0.25, 0.3) is 22.2 Å². The maximum atomic E-state index is 11.4. The first-order valence-electron chi connectivity index (χ1n) is 16.4. The second-order valence-electron chi connectivity index (χ2n) is 13.2. The van der Waals surface area contributed by atoms with Crippen molar-refractivity contribution in [3.63, 3.8) is 0 Å². The third-order valence-corrected chi connectivity index (χ3v) is 11.2. The van der Waals surface area contributed by atoms with Gasteiger partial charge in [-0.2, -0.15) is 0 Å². The number of aliphatic hydroxyl groups excluding tert-OH is 2. The maximum absolute atomic E-state index is 11.4. The number of aryl methyl sites for hydroxylation is 3. The average Bonchev–Trinajstić information content (AvgIpc) is 3.20. The van der Waals surface area contributed by atoms with Gasteiger partial charge in [0, 0.05) is 31.4 Å². The summed E-state index contributed by atoms with van der Waals surface area (Å²) in [6, 6.07) is 18.1. The standard InChI is InChI=1S/C20H38O2.C18H16N.Ir/c1-5-19(6-2)13-9-11-15-12-10-14-20(7-3,8-4)18(22)16(15)17(19)21;1-12-9-13(2)11-15(10-12)17-8-7-16-14(3)5-4-6-18(16)19-17;/h15-18,21-22H,5-14H2,1-4H3;4-10H,1-3H3;/q;-1;. The van der Waals surface area contributed by atoms with Crippen molar-refractivity contribution in [2.75, 3.05) is 0 Å². The van der Waals surface area contributed by atoms with Crippen molar-refractivity contribution in [1.29, 1.82) is 0 Å². The molecule has 2 aliphatic rings. The van der Waals surface area contributed by atoms with Gasteiger partial charge in [0.25, 0.3) is 0 Å². The molecule has 2 saturated carbocycles. The zero-order valence-corrected chi connectivity index (χ0v) is 29.5. The van der Waals surface area contributed by atoms with Gasteiger partial charge in [0.15, 0.2) is 0 Å². The Labute approximate surface area is 269 Å². The van der Waals surface area contributed by atoms with E-state index in [1.54, 1.807) is 0 Å². The van der Waals surface area contributed by atoms with Gasteiger partial charge >= 0.3 is 0 Å². The molecule has 0 spiro atoms. The summed E-state index contributed by atoms with van der Waals surface area (Å²) >= 11 is 0. The van der Waals surface area contributed by atoms with Crippen LogP contribution in [0.15, 0.2) is 42.5 Å². The van der Waals surface area contributed by atoms with Crippen molar-refractivity contribution >= 4 is 10.9 Å². The molecule has 1 radical (unpaired) electrons. The second-order valence-corrected chi connectivity index (χ2v) is 13.2. The molecule has 3 nitrogen and oxygen atoms in total. The van der Waals surface area contributed by atoms with E-state index in [2.05, 4.69) is 97.0 Å². The van der Waals surface area contributed by atoms with E-state index in [4.69, 9.17) is 4.98 Å². The molecule has 2 fully saturated rings. The first-order chi connectivity index (χ1) is 19.6. The molecule has 233 valence electrons. The summed E-state index contributed by atoms with van der Waals surface area (Å²) in [6.45, 7) is 15.2. The van der Waals surface area contributed by atoms with E-state index in [1.807, 2.05) is 0 Å². The van der Waals surface area contributed by atoms with Crippen LogP contribution in [0.1, 0.15) is 109 Å². The molecule has 3 aromatic rings. The van der Waals surface area contributed by atoms with Crippen molar-refractivity contribution in [3.8, 4) is 11.3 Å². The van der Waals surface area contributed by atoms with Gasteiger partial charge in [0.05, 0.1) is 17.7 Å². The zero-order valence-electron chi connectivity index (χ0n) is 27.1. The van der Waals surface area contributed by atoms with Gasteiger partial charge in [0.2, 0.25) is 0 Å². The fraction of sp³-hybridized carbons (Fsp3) is 0.605. The number of aliphatic hydroxyl groups is 2. The predicted molar refractivity (Wildman–Crippen MR) is 173 cm³/mol. The molecular formula is C38H54IrNO2-. The SMILES string of the molecule is CCC1(CC)CCCC2CCCC(CC)(CC)C(O)C2C1O.Cc1[c-]c(-c2ccc3c(C)cccc3n2)cc(C)c1.[Ir]. The van der Waals surface area contributed by atoms with Gasteiger partial charge in [-0.1, -0.05) is 78.6 Å². The van der Waals surface area contributed by atoms with Crippen LogP contribution in [0.2, 0.25) is 0 Å². The van der Waals surface area contributed by atoms with Gasteiger partial charge < -0.3 is 10.2 Å². The van der Waals surface area contributed by atoms with Crippen LogP contribution in [0.3, 0.4) is 0 Å². The molecule has 0 amide bonds. The van der Waals surface area contributed by atoms with Crippen molar-refractivity contribution < 1.29 is 30.3 Å². The molecule has 2 aromatic carbocycles. The Bertz CT molecular complexity index is 1240. The van der Waals surface area contributed by atoms with Crippen LogP contribution < -0.4 is 0 Å². The van der Waals surface area contributed by atoms with Crippen LogP contribution in [0.5, 0.6) is 0 Å². The number of fused-ring (bicyclic) bond motifs is 2. The number of rotatable bonds is 5. The number of pyridine rings is 1.